The fourth-order valence-electron chi connectivity index (χ4n) is 6.62. The number of hydrogen-bond donors (Lipinski definition) is 1. The molecule has 5 rings (SSSR count). The number of ether oxygens (including phenoxy) is 2. The Labute approximate surface area is 309 Å². The Balaban J connectivity index is 1.26. The number of rotatable bonds is 18. The first-order valence-corrected chi connectivity index (χ1v) is 19.8. The molecule has 1 aromatic heterocycles. The molecule has 4 aromatic rings. The van der Waals surface area contributed by atoms with Crippen LogP contribution >= 0.6 is 11.8 Å². The zero-order chi connectivity index (χ0) is 36.0. The molecule has 272 valence electrons. The van der Waals surface area contributed by atoms with E-state index in [4.69, 9.17) is 9.47 Å². The van der Waals surface area contributed by atoms with Crippen LogP contribution in [-0.2, 0) is 22.5 Å². The van der Waals surface area contributed by atoms with Gasteiger partial charge in [0.25, 0.3) is 5.91 Å². The van der Waals surface area contributed by atoms with Crippen LogP contribution in [0.15, 0.2) is 89.6 Å². The third-order valence-electron chi connectivity index (χ3n) is 9.24. The maximum atomic E-state index is 13.8. The van der Waals surface area contributed by atoms with Gasteiger partial charge in [-0.25, -0.2) is 4.98 Å². The summed E-state index contributed by atoms with van der Waals surface area (Å²) in [6.45, 7) is 14.8. The molecule has 2 heterocycles. The van der Waals surface area contributed by atoms with Crippen LogP contribution in [0.4, 0.5) is 11.4 Å². The third kappa shape index (κ3) is 11.0. The predicted molar refractivity (Wildman–Crippen MR) is 213 cm³/mol. The van der Waals surface area contributed by atoms with Gasteiger partial charge in [0.15, 0.2) is 0 Å². The van der Waals surface area contributed by atoms with Gasteiger partial charge in [-0.15, -0.1) is 11.8 Å². The van der Waals surface area contributed by atoms with Crippen LogP contribution in [0.3, 0.4) is 0 Å². The Bertz CT molecular complexity index is 1700. The number of unbranched alkanes of at least 4 members (excludes halogenated alkanes) is 1. The van der Waals surface area contributed by atoms with Gasteiger partial charge in [0, 0.05) is 53.0 Å². The standard InChI is InChI=1S/C43H56N4O3S/c1-6-8-25-49-26-27-50-38-18-13-34(14-19-38)42-22-15-36(29-35-11-9-10-12-41(35)47(42)30-32(3)4)43(48)45-37-16-20-39(21-17-37)51-28-23-40-33(5)44-31-46(40)24-7-2/h9-14,16-21,29,31-32,42H,6-8,15,22-28,30H2,1-5H3,(H,45,48). The molecule has 8 heteroatoms. The van der Waals surface area contributed by atoms with Gasteiger partial charge in [0.2, 0.25) is 0 Å². The van der Waals surface area contributed by atoms with Crippen molar-refractivity contribution in [1.29, 1.82) is 0 Å². The van der Waals surface area contributed by atoms with E-state index in [9.17, 15) is 4.79 Å². The van der Waals surface area contributed by atoms with Crippen LogP contribution in [0.25, 0.3) is 6.08 Å². The number of aromatic nitrogens is 2. The van der Waals surface area contributed by atoms with Crippen LogP contribution in [0, 0.1) is 12.8 Å². The molecule has 1 atom stereocenters. The Morgan fingerprint density at radius 1 is 0.980 bits per heavy atom. The number of amides is 1. The molecule has 0 saturated carbocycles. The van der Waals surface area contributed by atoms with Crippen molar-refractivity contribution < 1.29 is 14.3 Å². The lowest BCUT2D eigenvalue weighted by Crippen LogP contribution is -2.34. The highest BCUT2D eigenvalue weighted by molar-refractivity contribution is 7.99. The molecular weight excluding hydrogens is 653 g/mol. The van der Waals surface area contributed by atoms with Crippen molar-refractivity contribution in [2.45, 2.75) is 90.6 Å². The average Bonchev–Trinajstić information content (AvgIpc) is 3.47. The fourth-order valence-corrected chi connectivity index (χ4v) is 7.48. The number of aryl methyl sites for hydroxylation is 2. The van der Waals surface area contributed by atoms with E-state index in [-0.39, 0.29) is 11.9 Å². The number of nitrogens with zero attached hydrogens (tertiary/aromatic N) is 3. The smallest absolute Gasteiger partial charge is 0.251 e. The minimum Gasteiger partial charge on any atom is -0.491 e. The van der Waals surface area contributed by atoms with E-state index in [1.54, 1.807) is 0 Å². The SMILES string of the molecule is CCCCOCCOc1ccc(C2CCC(C(=O)Nc3ccc(SCCc4c(C)ncn4CCC)cc3)=Cc3ccccc3N2CC(C)C)cc1. The van der Waals surface area contributed by atoms with Crippen molar-refractivity contribution in [3.05, 3.63) is 107 Å². The molecule has 1 aliphatic heterocycles. The summed E-state index contributed by atoms with van der Waals surface area (Å²) in [5.74, 6) is 2.24. The third-order valence-corrected chi connectivity index (χ3v) is 10.2. The first-order valence-electron chi connectivity index (χ1n) is 18.8. The molecule has 0 spiro atoms. The average molecular weight is 709 g/mol. The van der Waals surface area contributed by atoms with Gasteiger partial charge < -0.3 is 24.3 Å². The molecule has 0 saturated heterocycles. The number of hydrogen-bond acceptors (Lipinski definition) is 6. The highest BCUT2D eigenvalue weighted by Gasteiger charge is 2.27. The number of imidazole rings is 1. The van der Waals surface area contributed by atoms with E-state index in [0.29, 0.717) is 25.6 Å². The van der Waals surface area contributed by atoms with E-state index in [1.807, 2.05) is 30.2 Å². The molecule has 1 unspecified atom stereocenters. The highest BCUT2D eigenvalue weighted by Crippen LogP contribution is 2.38. The van der Waals surface area contributed by atoms with Gasteiger partial charge in [-0.05, 0) is 105 Å². The minimum absolute atomic E-state index is 0.0502. The minimum atomic E-state index is -0.0502. The second-order valence-corrected chi connectivity index (χ2v) is 14.9. The number of nitrogens with one attached hydrogen (secondary N) is 1. The van der Waals surface area contributed by atoms with E-state index in [2.05, 4.69) is 121 Å². The van der Waals surface area contributed by atoms with E-state index >= 15 is 0 Å². The van der Waals surface area contributed by atoms with Gasteiger partial charge in [0.1, 0.15) is 12.4 Å². The van der Waals surface area contributed by atoms with Crippen LogP contribution in [-0.4, -0.2) is 47.6 Å². The maximum Gasteiger partial charge on any atom is 0.251 e. The van der Waals surface area contributed by atoms with Crippen molar-refractivity contribution in [2.24, 2.45) is 5.92 Å². The summed E-state index contributed by atoms with van der Waals surface area (Å²) in [6, 6.07) is 25.3. The summed E-state index contributed by atoms with van der Waals surface area (Å²) >= 11 is 1.83. The van der Waals surface area contributed by atoms with Crippen LogP contribution in [0.1, 0.15) is 88.4 Å². The Morgan fingerprint density at radius 3 is 2.51 bits per heavy atom. The number of benzene rings is 3. The molecule has 7 nitrogen and oxygen atoms in total. The number of carbonyl (C=O) groups is 1. The molecule has 1 N–H and O–H groups in total. The summed E-state index contributed by atoms with van der Waals surface area (Å²) in [5, 5.41) is 3.20. The normalized spacial score (nSPS) is 14.5. The molecule has 0 aliphatic carbocycles. The van der Waals surface area contributed by atoms with Crippen molar-refractivity contribution in [1.82, 2.24) is 9.55 Å². The van der Waals surface area contributed by atoms with Crippen LogP contribution < -0.4 is 15.0 Å². The van der Waals surface area contributed by atoms with Crippen molar-refractivity contribution >= 4 is 35.1 Å². The zero-order valence-electron chi connectivity index (χ0n) is 31.2. The largest absolute Gasteiger partial charge is 0.491 e. The van der Waals surface area contributed by atoms with E-state index in [0.717, 1.165) is 91.5 Å². The summed E-state index contributed by atoms with van der Waals surface area (Å²) in [6.07, 6.45) is 9.81. The zero-order valence-corrected chi connectivity index (χ0v) is 32.0. The van der Waals surface area contributed by atoms with Crippen molar-refractivity contribution in [2.75, 3.05) is 42.3 Å². The van der Waals surface area contributed by atoms with Gasteiger partial charge in [-0.1, -0.05) is 64.4 Å². The molecule has 0 bridgehead atoms. The van der Waals surface area contributed by atoms with Crippen molar-refractivity contribution in [3.63, 3.8) is 0 Å². The molecule has 0 fully saturated rings. The highest BCUT2D eigenvalue weighted by atomic mass is 32.2. The second kappa shape index (κ2) is 19.6. The number of thioether (sulfide) groups is 1. The van der Waals surface area contributed by atoms with Gasteiger partial charge >= 0.3 is 0 Å². The Kier molecular flexibility index (Phi) is 14.7. The number of fused-ring (bicyclic) bond motifs is 1. The Morgan fingerprint density at radius 2 is 1.76 bits per heavy atom. The molecular formula is C43H56N4O3S. The quantitative estimate of drug-likeness (QED) is 0.0820. The van der Waals surface area contributed by atoms with Crippen LogP contribution in [0.5, 0.6) is 5.75 Å². The first kappa shape index (κ1) is 38.2. The van der Waals surface area contributed by atoms with Gasteiger partial charge in [0.05, 0.1) is 24.7 Å². The molecule has 51 heavy (non-hydrogen) atoms. The summed E-state index contributed by atoms with van der Waals surface area (Å²) in [4.78, 5) is 22.1. The summed E-state index contributed by atoms with van der Waals surface area (Å²) in [5.41, 5.74) is 7.48. The lowest BCUT2D eigenvalue weighted by molar-refractivity contribution is -0.112. The first-order chi connectivity index (χ1) is 24.9. The van der Waals surface area contributed by atoms with Crippen molar-refractivity contribution in [3.8, 4) is 5.75 Å². The fraction of sp³-hybridized carbons (Fsp3) is 0.442. The maximum absolute atomic E-state index is 13.8. The molecule has 1 aliphatic rings. The summed E-state index contributed by atoms with van der Waals surface area (Å²) in [7, 11) is 0. The monoisotopic (exact) mass is 708 g/mol. The molecule has 3 aromatic carbocycles. The topological polar surface area (TPSA) is 68.6 Å². The van der Waals surface area contributed by atoms with E-state index < -0.39 is 0 Å². The number of anilines is 2. The summed E-state index contributed by atoms with van der Waals surface area (Å²) < 4.78 is 13.9. The molecule has 1 amide bonds. The second-order valence-electron chi connectivity index (χ2n) is 13.8. The molecule has 0 radical (unpaired) electrons. The Hall–Kier alpha value is -4.01. The predicted octanol–water partition coefficient (Wildman–Crippen LogP) is 10.2. The van der Waals surface area contributed by atoms with E-state index in [1.165, 1.54) is 16.2 Å². The lowest BCUT2D eigenvalue weighted by Gasteiger charge is -2.38. The number of carbonyl (C=O) groups excluding carboxylic acids is 1. The van der Waals surface area contributed by atoms with Crippen LogP contribution in [0.2, 0.25) is 0 Å². The van der Waals surface area contributed by atoms with Gasteiger partial charge in [-0.3, -0.25) is 4.79 Å². The lowest BCUT2D eigenvalue weighted by atomic mass is 9.91. The van der Waals surface area contributed by atoms with Gasteiger partial charge in [-0.2, -0.15) is 0 Å². The number of para-hydroxylation sites is 1.